The third-order valence-electron chi connectivity index (χ3n) is 10.1. The Balaban J connectivity index is 0.000000241. The number of rotatable bonds is 16. The molecule has 248 valence electrons. The van der Waals surface area contributed by atoms with Crippen LogP contribution in [-0.4, -0.2) is 54.9 Å². The van der Waals surface area contributed by atoms with Gasteiger partial charge in [0.05, 0.1) is 31.8 Å². The highest BCUT2D eigenvalue weighted by molar-refractivity contribution is 6.30. The summed E-state index contributed by atoms with van der Waals surface area (Å²) >= 11 is 12.0. The molecule has 0 saturated heterocycles. The molecule has 0 atom stereocenters. The van der Waals surface area contributed by atoms with E-state index >= 15 is 0 Å². The third-order valence-corrected chi connectivity index (χ3v) is 10.6. The molecule has 4 nitrogen and oxygen atoms in total. The first-order chi connectivity index (χ1) is 21.4. The lowest BCUT2D eigenvalue weighted by Gasteiger charge is -2.36. The fourth-order valence-electron chi connectivity index (χ4n) is 7.61. The van der Waals surface area contributed by atoms with Crippen molar-refractivity contribution < 1.29 is 18.9 Å². The summed E-state index contributed by atoms with van der Waals surface area (Å²) in [5.74, 6) is 1.93. The summed E-state index contributed by atoms with van der Waals surface area (Å²) in [6.45, 7) is 2.76. The standard InChI is InChI=1S/C21H40O2.C17H18Cl2O2/c1-22-17-21(18-23-2,15-13-19-9-5-3-6-10-19)16-14-20-11-7-4-8-12-20;1-20-11-17(12-21-2,13-3-7-15(18)8-4-13)14-5-9-16(19)10-6-14/h19-20H,3-18H2,1-2H3;3-10H,11-12H2,1-2H3. The van der Waals surface area contributed by atoms with Crippen molar-refractivity contribution in [1.82, 2.24) is 0 Å². The van der Waals surface area contributed by atoms with Gasteiger partial charge < -0.3 is 18.9 Å². The van der Waals surface area contributed by atoms with Crippen LogP contribution in [0.1, 0.15) is 101 Å². The molecule has 0 bridgehead atoms. The Labute approximate surface area is 278 Å². The van der Waals surface area contributed by atoms with Gasteiger partial charge in [-0.2, -0.15) is 0 Å². The van der Waals surface area contributed by atoms with E-state index in [1.165, 1.54) is 89.9 Å². The Morgan fingerprint density at radius 2 is 0.864 bits per heavy atom. The molecular formula is C38H58Cl2O4. The largest absolute Gasteiger partial charge is 0.384 e. The summed E-state index contributed by atoms with van der Waals surface area (Å²) in [6.07, 6.45) is 19.9. The zero-order valence-corrected chi connectivity index (χ0v) is 29.4. The maximum Gasteiger partial charge on any atom is 0.0669 e. The van der Waals surface area contributed by atoms with Gasteiger partial charge in [-0.1, -0.05) is 112 Å². The molecule has 2 aromatic carbocycles. The van der Waals surface area contributed by atoms with E-state index in [1.807, 2.05) is 62.8 Å². The van der Waals surface area contributed by atoms with E-state index in [0.29, 0.717) is 23.3 Å². The predicted octanol–water partition coefficient (Wildman–Crippen LogP) is 10.6. The van der Waals surface area contributed by atoms with Crippen LogP contribution in [0.4, 0.5) is 0 Å². The topological polar surface area (TPSA) is 36.9 Å². The lowest BCUT2D eigenvalue weighted by Crippen LogP contribution is -2.37. The van der Waals surface area contributed by atoms with E-state index in [-0.39, 0.29) is 5.41 Å². The molecule has 0 amide bonds. The number of hydrogen-bond acceptors (Lipinski definition) is 4. The number of methoxy groups -OCH3 is 4. The SMILES string of the molecule is COCC(CCC1CCCCC1)(CCC1CCCCC1)COC.COCC(COC)(c1ccc(Cl)cc1)c1ccc(Cl)cc1. The molecule has 2 aromatic rings. The Hall–Kier alpha value is -1.14. The van der Waals surface area contributed by atoms with Crippen molar-refractivity contribution in [3.63, 3.8) is 0 Å². The second-order valence-corrected chi connectivity index (χ2v) is 14.3. The van der Waals surface area contributed by atoms with E-state index in [9.17, 15) is 0 Å². The van der Waals surface area contributed by atoms with Crippen molar-refractivity contribution in [3.8, 4) is 0 Å². The average molecular weight is 650 g/mol. The zero-order valence-electron chi connectivity index (χ0n) is 27.9. The lowest BCUT2D eigenvalue weighted by atomic mass is 9.73. The summed E-state index contributed by atoms with van der Waals surface area (Å²) < 4.78 is 22.3. The number of hydrogen-bond donors (Lipinski definition) is 0. The molecule has 0 heterocycles. The minimum absolute atomic E-state index is 0.262. The van der Waals surface area contributed by atoms with Gasteiger partial charge in [-0.15, -0.1) is 0 Å². The van der Waals surface area contributed by atoms with Crippen LogP contribution in [0.15, 0.2) is 48.5 Å². The average Bonchev–Trinajstić information content (AvgIpc) is 3.05. The van der Waals surface area contributed by atoms with Gasteiger partial charge in [0.15, 0.2) is 0 Å². The van der Waals surface area contributed by atoms with Crippen LogP contribution in [0.2, 0.25) is 10.0 Å². The highest BCUT2D eigenvalue weighted by Gasteiger charge is 2.35. The van der Waals surface area contributed by atoms with Crippen LogP contribution in [0.5, 0.6) is 0 Å². The minimum atomic E-state index is -0.390. The molecule has 2 saturated carbocycles. The van der Waals surface area contributed by atoms with Crippen LogP contribution in [-0.2, 0) is 24.4 Å². The van der Waals surface area contributed by atoms with Crippen LogP contribution in [0, 0.1) is 17.3 Å². The summed E-state index contributed by atoms with van der Waals surface area (Å²) in [5.41, 5.74) is 2.06. The van der Waals surface area contributed by atoms with Gasteiger partial charge in [-0.25, -0.2) is 0 Å². The smallest absolute Gasteiger partial charge is 0.0669 e. The van der Waals surface area contributed by atoms with Crippen LogP contribution >= 0.6 is 23.2 Å². The Morgan fingerprint density at radius 3 is 1.18 bits per heavy atom. The first-order valence-electron chi connectivity index (χ1n) is 16.9. The number of halogens is 2. The monoisotopic (exact) mass is 648 g/mol. The van der Waals surface area contributed by atoms with Crippen molar-refractivity contribution in [2.75, 3.05) is 54.9 Å². The van der Waals surface area contributed by atoms with Gasteiger partial charge in [0.25, 0.3) is 0 Å². The number of ether oxygens (including phenoxy) is 4. The van der Waals surface area contributed by atoms with Crippen molar-refractivity contribution in [1.29, 1.82) is 0 Å². The summed E-state index contributed by atoms with van der Waals surface area (Å²) in [6, 6.07) is 15.6. The van der Waals surface area contributed by atoms with Gasteiger partial charge in [0.1, 0.15) is 0 Å². The summed E-state index contributed by atoms with van der Waals surface area (Å²) in [7, 11) is 7.11. The van der Waals surface area contributed by atoms with Crippen molar-refractivity contribution in [2.24, 2.45) is 17.3 Å². The van der Waals surface area contributed by atoms with Gasteiger partial charge in [-0.05, 0) is 72.9 Å². The maximum atomic E-state index is 6.00. The first kappa shape index (κ1) is 37.3. The fourth-order valence-corrected chi connectivity index (χ4v) is 7.86. The van der Waals surface area contributed by atoms with Crippen molar-refractivity contribution in [3.05, 3.63) is 69.7 Å². The Kier molecular flexibility index (Phi) is 17.1. The number of benzene rings is 2. The molecule has 44 heavy (non-hydrogen) atoms. The molecule has 2 fully saturated rings. The molecule has 0 aromatic heterocycles. The van der Waals surface area contributed by atoms with Crippen molar-refractivity contribution >= 4 is 23.2 Å². The van der Waals surface area contributed by atoms with Gasteiger partial charge >= 0.3 is 0 Å². The van der Waals surface area contributed by atoms with Crippen LogP contribution in [0.3, 0.4) is 0 Å². The maximum absolute atomic E-state index is 6.00. The fraction of sp³-hybridized carbons (Fsp3) is 0.684. The molecule has 0 spiro atoms. The molecule has 0 N–H and O–H groups in total. The van der Waals surface area contributed by atoms with E-state index in [2.05, 4.69) is 0 Å². The normalized spacial score (nSPS) is 16.9. The Bertz CT molecular complexity index is 931. The highest BCUT2D eigenvalue weighted by atomic mass is 35.5. The molecule has 2 aliphatic rings. The highest BCUT2D eigenvalue weighted by Crippen LogP contribution is 2.39. The first-order valence-corrected chi connectivity index (χ1v) is 17.6. The molecule has 0 unspecified atom stereocenters. The molecular weight excluding hydrogens is 591 g/mol. The van der Waals surface area contributed by atoms with Gasteiger partial charge in [0, 0.05) is 43.9 Å². The zero-order chi connectivity index (χ0) is 31.7. The molecule has 2 aliphatic carbocycles. The second-order valence-electron chi connectivity index (χ2n) is 13.4. The third kappa shape index (κ3) is 11.6. The quantitative estimate of drug-likeness (QED) is 0.181. The van der Waals surface area contributed by atoms with E-state index < -0.39 is 5.41 Å². The second kappa shape index (κ2) is 20.2. The molecule has 0 radical (unpaired) electrons. The lowest BCUT2D eigenvalue weighted by molar-refractivity contribution is -0.0106. The molecule has 6 heteroatoms. The summed E-state index contributed by atoms with van der Waals surface area (Å²) in [4.78, 5) is 0. The van der Waals surface area contributed by atoms with E-state index in [0.717, 1.165) is 36.2 Å². The molecule has 0 aliphatic heterocycles. The van der Waals surface area contributed by atoms with Gasteiger partial charge in [0.2, 0.25) is 0 Å². The van der Waals surface area contributed by atoms with Crippen molar-refractivity contribution in [2.45, 2.75) is 95.3 Å². The van der Waals surface area contributed by atoms with Gasteiger partial charge in [-0.3, -0.25) is 0 Å². The van der Waals surface area contributed by atoms with E-state index in [4.69, 9.17) is 42.1 Å². The summed E-state index contributed by atoms with van der Waals surface area (Å²) in [5, 5.41) is 1.41. The van der Waals surface area contributed by atoms with Crippen LogP contribution in [0.25, 0.3) is 0 Å². The van der Waals surface area contributed by atoms with E-state index in [1.54, 1.807) is 14.2 Å². The Morgan fingerprint density at radius 1 is 0.523 bits per heavy atom. The predicted molar refractivity (Wildman–Crippen MR) is 185 cm³/mol. The van der Waals surface area contributed by atoms with Crippen LogP contribution < -0.4 is 0 Å². The minimum Gasteiger partial charge on any atom is -0.384 e. The molecule has 4 rings (SSSR count).